The van der Waals surface area contributed by atoms with Gasteiger partial charge in [-0.2, -0.15) is 0 Å². The smallest absolute Gasteiger partial charge is 0.332 e. The van der Waals surface area contributed by atoms with E-state index in [1.54, 1.807) is 4.57 Å². The molecule has 0 spiro atoms. The first kappa shape index (κ1) is 17.2. The minimum atomic E-state index is -0.313. The molecule has 2 aromatic heterocycles. The summed E-state index contributed by atoms with van der Waals surface area (Å²) in [5.74, 6) is 0.578. The van der Waals surface area contributed by atoms with E-state index in [-0.39, 0.29) is 11.2 Å². The van der Waals surface area contributed by atoms with Crippen LogP contribution in [-0.4, -0.2) is 19.1 Å². The minimum absolute atomic E-state index is 0.294. The normalized spacial score (nSPS) is 11.3. The number of rotatable bonds is 6. The predicted molar refractivity (Wildman–Crippen MR) is 98.5 cm³/mol. The maximum Gasteiger partial charge on any atom is 0.332 e. The molecule has 3 rings (SSSR count). The van der Waals surface area contributed by atoms with Crippen molar-refractivity contribution < 1.29 is 0 Å². The highest BCUT2D eigenvalue weighted by Crippen LogP contribution is 2.19. The molecule has 0 saturated carbocycles. The zero-order valence-corrected chi connectivity index (χ0v) is 14.6. The number of hydrogen-bond donors (Lipinski definition) is 2. The van der Waals surface area contributed by atoms with Gasteiger partial charge in [-0.15, -0.1) is 0 Å². The molecule has 7 nitrogen and oxygen atoms in total. The zero-order chi connectivity index (χ0) is 18.0. The van der Waals surface area contributed by atoms with Crippen LogP contribution in [-0.2, 0) is 19.6 Å². The molecule has 0 unspecified atom stereocenters. The van der Waals surface area contributed by atoms with Crippen LogP contribution in [0.4, 0.5) is 0 Å². The van der Waals surface area contributed by atoms with Crippen molar-refractivity contribution >= 4 is 11.2 Å². The molecule has 0 atom stereocenters. The molecule has 0 radical (unpaired) electrons. The Morgan fingerprint density at radius 2 is 1.68 bits per heavy atom. The molecule has 7 heteroatoms. The lowest BCUT2D eigenvalue weighted by molar-refractivity contribution is 0.555. The van der Waals surface area contributed by atoms with E-state index in [1.165, 1.54) is 4.57 Å². The maximum atomic E-state index is 12.7. The lowest BCUT2D eigenvalue weighted by Gasteiger charge is -2.09. The fourth-order valence-corrected chi connectivity index (χ4v) is 2.95. The lowest BCUT2D eigenvalue weighted by Crippen LogP contribution is -2.40. The molecule has 0 saturated heterocycles. The highest BCUT2D eigenvalue weighted by atomic mass is 16.2. The van der Waals surface area contributed by atoms with Crippen LogP contribution in [0.25, 0.3) is 22.6 Å². The third kappa shape index (κ3) is 3.02. The summed E-state index contributed by atoms with van der Waals surface area (Å²) in [6.45, 7) is 5.33. The number of hydrogen-bond acceptors (Lipinski definition) is 4. The average Bonchev–Trinajstić information content (AvgIpc) is 3.08. The Kier molecular flexibility index (Phi) is 4.85. The molecule has 0 aliphatic rings. The second-order valence-electron chi connectivity index (χ2n) is 6.08. The number of nitrogens with two attached hydrogens (primary N) is 1. The molecule has 3 N–H and O–H groups in total. The van der Waals surface area contributed by atoms with Crippen molar-refractivity contribution in [2.45, 2.75) is 46.3 Å². The van der Waals surface area contributed by atoms with Gasteiger partial charge in [-0.1, -0.05) is 38.1 Å². The number of aromatic amines is 1. The van der Waals surface area contributed by atoms with Crippen molar-refractivity contribution in [1.29, 1.82) is 0 Å². The number of aryl methyl sites for hydroxylation is 1. The van der Waals surface area contributed by atoms with Crippen LogP contribution >= 0.6 is 0 Å². The SMILES string of the molecule is CCCn1c(=O)c2[nH]c(-c3ccc(CN)cc3)nc2n(CCC)c1=O. The van der Waals surface area contributed by atoms with E-state index in [0.717, 1.165) is 17.5 Å². The molecule has 3 aromatic rings. The number of nitrogens with zero attached hydrogens (tertiary/aromatic N) is 3. The van der Waals surface area contributed by atoms with Gasteiger partial charge in [-0.25, -0.2) is 9.78 Å². The third-order valence-corrected chi connectivity index (χ3v) is 4.22. The van der Waals surface area contributed by atoms with E-state index in [9.17, 15) is 9.59 Å². The first-order valence-corrected chi connectivity index (χ1v) is 8.63. The zero-order valence-electron chi connectivity index (χ0n) is 14.6. The quantitative estimate of drug-likeness (QED) is 0.714. The summed E-state index contributed by atoms with van der Waals surface area (Å²) in [6.07, 6.45) is 1.50. The van der Waals surface area contributed by atoms with Crippen LogP contribution in [0, 0.1) is 0 Å². The van der Waals surface area contributed by atoms with Gasteiger partial charge in [-0.3, -0.25) is 13.9 Å². The number of aromatic nitrogens is 4. The molecule has 2 heterocycles. The van der Waals surface area contributed by atoms with E-state index >= 15 is 0 Å². The maximum absolute atomic E-state index is 12.7. The molecule has 0 bridgehead atoms. The second kappa shape index (κ2) is 7.06. The fraction of sp³-hybridized carbons (Fsp3) is 0.389. The second-order valence-corrected chi connectivity index (χ2v) is 6.08. The monoisotopic (exact) mass is 341 g/mol. The molecule has 0 aliphatic heterocycles. The predicted octanol–water partition coefficient (Wildman–Crippen LogP) is 1.83. The standard InChI is InChI=1S/C18H23N5O2/c1-3-9-22-16-14(17(24)23(10-4-2)18(22)25)20-15(21-16)13-7-5-12(11-19)6-8-13/h5-8H,3-4,9-11,19H2,1-2H3,(H,20,21). The molecule has 0 fully saturated rings. The van der Waals surface area contributed by atoms with E-state index in [2.05, 4.69) is 9.97 Å². The number of fused-ring (bicyclic) bond motifs is 1. The molecule has 0 amide bonds. The Bertz CT molecular complexity index is 995. The van der Waals surface area contributed by atoms with Gasteiger partial charge >= 0.3 is 5.69 Å². The number of H-pyrrole nitrogens is 1. The molecular weight excluding hydrogens is 318 g/mol. The minimum Gasteiger partial charge on any atom is -0.332 e. The topological polar surface area (TPSA) is 98.7 Å². The summed E-state index contributed by atoms with van der Waals surface area (Å²) in [5, 5.41) is 0. The number of nitrogens with one attached hydrogen (secondary N) is 1. The highest BCUT2D eigenvalue weighted by molar-refractivity contribution is 5.75. The summed E-state index contributed by atoms with van der Waals surface area (Å²) < 4.78 is 2.87. The van der Waals surface area contributed by atoms with Crippen molar-refractivity contribution in [3.63, 3.8) is 0 Å². The molecule has 1 aromatic carbocycles. The lowest BCUT2D eigenvalue weighted by atomic mass is 10.1. The van der Waals surface area contributed by atoms with Crippen molar-refractivity contribution in [3.8, 4) is 11.4 Å². The van der Waals surface area contributed by atoms with Gasteiger partial charge in [-0.05, 0) is 18.4 Å². The fourth-order valence-electron chi connectivity index (χ4n) is 2.95. The average molecular weight is 341 g/mol. The Labute approximate surface area is 145 Å². The van der Waals surface area contributed by atoms with Gasteiger partial charge in [0.1, 0.15) is 11.3 Å². The Balaban J connectivity index is 2.24. The molecule has 132 valence electrons. The molecular formula is C18H23N5O2. The first-order valence-electron chi connectivity index (χ1n) is 8.63. The highest BCUT2D eigenvalue weighted by Gasteiger charge is 2.17. The third-order valence-electron chi connectivity index (χ3n) is 4.22. The van der Waals surface area contributed by atoms with E-state index in [1.807, 2.05) is 38.1 Å². The summed E-state index contributed by atoms with van der Waals surface area (Å²) in [4.78, 5) is 33.0. The van der Waals surface area contributed by atoms with Crippen LogP contribution in [0.15, 0.2) is 33.9 Å². The van der Waals surface area contributed by atoms with Gasteiger partial charge < -0.3 is 10.7 Å². The van der Waals surface area contributed by atoms with Crippen molar-refractivity contribution in [2.75, 3.05) is 0 Å². The van der Waals surface area contributed by atoms with Gasteiger partial charge in [0.15, 0.2) is 5.65 Å². The van der Waals surface area contributed by atoms with Gasteiger partial charge in [0, 0.05) is 25.2 Å². The van der Waals surface area contributed by atoms with Crippen LogP contribution in [0.5, 0.6) is 0 Å². The molecule has 25 heavy (non-hydrogen) atoms. The summed E-state index contributed by atoms with van der Waals surface area (Å²) in [6, 6.07) is 7.67. The Hall–Kier alpha value is -2.67. The van der Waals surface area contributed by atoms with Gasteiger partial charge in [0.05, 0.1) is 0 Å². The van der Waals surface area contributed by atoms with Crippen molar-refractivity contribution in [2.24, 2.45) is 5.73 Å². The largest absolute Gasteiger partial charge is 0.332 e. The Morgan fingerprint density at radius 3 is 2.28 bits per heavy atom. The number of imidazole rings is 1. The van der Waals surface area contributed by atoms with Crippen LogP contribution in [0.1, 0.15) is 32.3 Å². The summed E-state index contributed by atoms with van der Waals surface area (Å²) >= 11 is 0. The van der Waals surface area contributed by atoms with Crippen LogP contribution < -0.4 is 17.0 Å². The van der Waals surface area contributed by atoms with E-state index < -0.39 is 0 Å². The van der Waals surface area contributed by atoms with Crippen molar-refractivity contribution in [3.05, 3.63) is 50.7 Å². The van der Waals surface area contributed by atoms with E-state index in [0.29, 0.717) is 43.0 Å². The van der Waals surface area contributed by atoms with Gasteiger partial charge in [0.2, 0.25) is 0 Å². The summed E-state index contributed by atoms with van der Waals surface area (Å²) in [5.41, 5.74) is 7.69. The molecule has 0 aliphatic carbocycles. The van der Waals surface area contributed by atoms with Crippen molar-refractivity contribution in [1.82, 2.24) is 19.1 Å². The van der Waals surface area contributed by atoms with E-state index in [4.69, 9.17) is 5.73 Å². The number of benzene rings is 1. The van der Waals surface area contributed by atoms with Gasteiger partial charge in [0.25, 0.3) is 5.56 Å². The summed E-state index contributed by atoms with van der Waals surface area (Å²) in [7, 11) is 0. The Morgan fingerprint density at radius 1 is 1.04 bits per heavy atom. The van der Waals surface area contributed by atoms with Crippen LogP contribution in [0.3, 0.4) is 0 Å². The first-order chi connectivity index (χ1) is 12.1. The van der Waals surface area contributed by atoms with Crippen LogP contribution in [0.2, 0.25) is 0 Å².